The van der Waals surface area contributed by atoms with Crippen LogP contribution in [0.4, 0.5) is 0 Å². The Kier molecular flexibility index (Phi) is 3.68. The Morgan fingerprint density at radius 2 is 1.89 bits per heavy atom. The van der Waals surface area contributed by atoms with Crippen molar-refractivity contribution in [2.75, 3.05) is 0 Å². The van der Waals surface area contributed by atoms with E-state index in [-0.39, 0.29) is 12.0 Å². The summed E-state index contributed by atoms with van der Waals surface area (Å²) in [6, 6.07) is 17.2. The SMILES string of the molecule is CC1=CC2c3ccccc3OC2C(c2nccc3cc(C(C)C)ccc23)=C1. The standard InChI is InChI=1S/C25H23NO/c1-15(2)17-8-9-19-18(14-17)10-11-26-24(19)22-13-16(3)12-21-20-6-4-5-7-23(20)27-25(21)22/h4-15,21,25H,1-3H3. The van der Waals surface area contributed by atoms with E-state index in [1.165, 1.54) is 33.0 Å². The van der Waals surface area contributed by atoms with Gasteiger partial charge in [0, 0.05) is 28.6 Å². The summed E-state index contributed by atoms with van der Waals surface area (Å²) in [6.45, 7) is 6.63. The number of aromatic nitrogens is 1. The molecule has 2 unspecified atom stereocenters. The van der Waals surface area contributed by atoms with E-state index < -0.39 is 0 Å². The molecule has 3 aromatic rings. The lowest BCUT2D eigenvalue weighted by atomic mass is 9.82. The molecule has 2 aromatic carbocycles. The minimum atomic E-state index is -0.00558. The predicted molar refractivity (Wildman–Crippen MR) is 111 cm³/mol. The number of allylic oxidation sites excluding steroid dienone is 2. The molecule has 2 heterocycles. The maximum Gasteiger partial charge on any atom is 0.136 e. The summed E-state index contributed by atoms with van der Waals surface area (Å²) in [5.41, 5.74) is 6.12. The Morgan fingerprint density at radius 3 is 2.74 bits per heavy atom. The van der Waals surface area contributed by atoms with Crippen molar-refractivity contribution in [2.45, 2.75) is 38.7 Å². The van der Waals surface area contributed by atoms with Gasteiger partial charge in [-0.15, -0.1) is 0 Å². The normalized spacial score (nSPS) is 20.7. The van der Waals surface area contributed by atoms with Crippen LogP contribution in [0, 0.1) is 0 Å². The number of benzene rings is 2. The van der Waals surface area contributed by atoms with Crippen LogP contribution in [-0.2, 0) is 0 Å². The average molecular weight is 353 g/mol. The highest BCUT2D eigenvalue weighted by atomic mass is 16.5. The van der Waals surface area contributed by atoms with Gasteiger partial charge in [-0.25, -0.2) is 0 Å². The lowest BCUT2D eigenvalue weighted by molar-refractivity contribution is 0.277. The molecule has 2 atom stereocenters. The number of ether oxygens (including phenoxy) is 1. The van der Waals surface area contributed by atoms with Gasteiger partial charge in [0.25, 0.3) is 0 Å². The van der Waals surface area contributed by atoms with Gasteiger partial charge in [0.1, 0.15) is 11.9 Å². The summed E-state index contributed by atoms with van der Waals surface area (Å²) in [7, 11) is 0. The number of nitrogens with zero attached hydrogens (tertiary/aromatic N) is 1. The second kappa shape index (κ2) is 6.09. The predicted octanol–water partition coefficient (Wildman–Crippen LogP) is 6.25. The Hall–Kier alpha value is -2.87. The van der Waals surface area contributed by atoms with E-state index in [0.29, 0.717) is 5.92 Å². The topological polar surface area (TPSA) is 22.1 Å². The third-order valence-electron chi connectivity index (χ3n) is 5.72. The molecule has 1 aliphatic carbocycles. The van der Waals surface area contributed by atoms with E-state index >= 15 is 0 Å². The first-order valence-corrected chi connectivity index (χ1v) is 9.66. The molecule has 134 valence electrons. The lowest BCUT2D eigenvalue weighted by Crippen LogP contribution is -2.23. The first-order valence-electron chi connectivity index (χ1n) is 9.66. The molecule has 2 heteroatoms. The fourth-order valence-corrected chi connectivity index (χ4v) is 4.32. The third-order valence-corrected chi connectivity index (χ3v) is 5.72. The van der Waals surface area contributed by atoms with Crippen LogP contribution in [0.25, 0.3) is 16.3 Å². The quantitative estimate of drug-likeness (QED) is 0.543. The molecule has 0 radical (unpaired) electrons. The van der Waals surface area contributed by atoms with Crippen LogP contribution >= 0.6 is 0 Å². The van der Waals surface area contributed by atoms with Gasteiger partial charge in [0.05, 0.1) is 5.69 Å². The second-order valence-electron chi connectivity index (χ2n) is 7.91. The number of fused-ring (bicyclic) bond motifs is 4. The molecule has 0 amide bonds. The zero-order chi connectivity index (χ0) is 18.5. The molecule has 0 saturated carbocycles. The first kappa shape index (κ1) is 16.3. The minimum Gasteiger partial charge on any atom is -0.484 e. The van der Waals surface area contributed by atoms with Crippen LogP contribution in [0.3, 0.4) is 0 Å². The molecule has 1 aliphatic heterocycles. The first-order chi connectivity index (χ1) is 13.1. The zero-order valence-electron chi connectivity index (χ0n) is 15.9. The average Bonchev–Trinajstić information content (AvgIpc) is 3.05. The van der Waals surface area contributed by atoms with Gasteiger partial charge in [0.15, 0.2) is 0 Å². The van der Waals surface area contributed by atoms with Crippen LogP contribution < -0.4 is 4.74 Å². The summed E-state index contributed by atoms with van der Waals surface area (Å²) in [4.78, 5) is 4.79. The Bertz CT molecular complexity index is 1110. The maximum atomic E-state index is 6.38. The smallest absolute Gasteiger partial charge is 0.136 e. The lowest BCUT2D eigenvalue weighted by Gasteiger charge is -2.25. The number of para-hydroxylation sites is 1. The van der Waals surface area contributed by atoms with Gasteiger partial charge in [-0.1, -0.05) is 68.0 Å². The van der Waals surface area contributed by atoms with Crippen LogP contribution in [0.2, 0.25) is 0 Å². The molecule has 5 rings (SSSR count). The molecular weight excluding hydrogens is 330 g/mol. The van der Waals surface area contributed by atoms with Crippen molar-refractivity contribution in [1.29, 1.82) is 0 Å². The van der Waals surface area contributed by atoms with E-state index in [2.05, 4.69) is 75.4 Å². The largest absolute Gasteiger partial charge is 0.484 e. The third kappa shape index (κ3) is 2.59. The van der Waals surface area contributed by atoms with Crippen molar-refractivity contribution in [1.82, 2.24) is 4.98 Å². The van der Waals surface area contributed by atoms with Crippen molar-refractivity contribution < 1.29 is 4.74 Å². The highest BCUT2D eigenvalue weighted by Crippen LogP contribution is 2.47. The van der Waals surface area contributed by atoms with E-state index in [1.54, 1.807) is 0 Å². The van der Waals surface area contributed by atoms with E-state index in [4.69, 9.17) is 9.72 Å². The van der Waals surface area contributed by atoms with E-state index in [0.717, 1.165) is 11.4 Å². The molecule has 2 aliphatic rings. The van der Waals surface area contributed by atoms with Crippen molar-refractivity contribution in [3.05, 3.63) is 89.3 Å². The molecule has 0 saturated heterocycles. The van der Waals surface area contributed by atoms with Gasteiger partial charge in [-0.05, 0) is 35.9 Å². The van der Waals surface area contributed by atoms with Crippen molar-refractivity contribution in [3.8, 4) is 5.75 Å². The minimum absolute atomic E-state index is 0.00558. The fourth-order valence-electron chi connectivity index (χ4n) is 4.32. The summed E-state index contributed by atoms with van der Waals surface area (Å²) >= 11 is 0. The Labute approximate surface area is 160 Å². The fraction of sp³-hybridized carbons (Fsp3) is 0.240. The van der Waals surface area contributed by atoms with Gasteiger partial charge in [0.2, 0.25) is 0 Å². The Morgan fingerprint density at radius 1 is 1.04 bits per heavy atom. The number of pyridine rings is 1. The van der Waals surface area contributed by atoms with Crippen molar-refractivity contribution >= 4 is 16.3 Å². The highest BCUT2D eigenvalue weighted by molar-refractivity contribution is 5.94. The van der Waals surface area contributed by atoms with Crippen LogP contribution in [-0.4, -0.2) is 11.1 Å². The molecule has 0 fully saturated rings. The Balaban J connectivity index is 1.66. The van der Waals surface area contributed by atoms with Gasteiger partial charge >= 0.3 is 0 Å². The van der Waals surface area contributed by atoms with Crippen molar-refractivity contribution in [2.24, 2.45) is 0 Å². The number of rotatable bonds is 2. The zero-order valence-corrected chi connectivity index (χ0v) is 15.9. The van der Waals surface area contributed by atoms with Gasteiger partial charge < -0.3 is 4.74 Å². The molecular formula is C25H23NO. The summed E-state index contributed by atoms with van der Waals surface area (Å²) in [5.74, 6) is 1.77. The van der Waals surface area contributed by atoms with Crippen LogP contribution in [0.15, 0.2) is 72.5 Å². The molecule has 1 aromatic heterocycles. The van der Waals surface area contributed by atoms with E-state index in [9.17, 15) is 0 Å². The molecule has 27 heavy (non-hydrogen) atoms. The molecule has 0 N–H and O–H groups in total. The highest BCUT2D eigenvalue weighted by Gasteiger charge is 2.38. The van der Waals surface area contributed by atoms with Crippen molar-refractivity contribution in [3.63, 3.8) is 0 Å². The monoisotopic (exact) mass is 353 g/mol. The van der Waals surface area contributed by atoms with Crippen LogP contribution in [0.5, 0.6) is 5.75 Å². The number of hydrogen-bond donors (Lipinski definition) is 0. The number of hydrogen-bond acceptors (Lipinski definition) is 2. The second-order valence-corrected chi connectivity index (χ2v) is 7.91. The summed E-state index contributed by atoms with van der Waals surface area (Å²) in [5, 5.41) is 2.44. The van der Waals surface area contributed by atoms with Crippen LogP contribution in [0.1, 0.15) is 49.4 Å². The summed E-state index contributed by atoms with van der Waals surface area (Å²) in [6.07, 6.45) is 6.48. The van der Waals surface area contributed by atoms with Gasteiger partial charge in [-0.2, -0.15) is 0 Å². The molecule has 0 spiro atoms. The maximum absolute atomic E-state index is 6.38. The van der Waals surface area contributed by atoms with Gasteiger partial charge in [-0.3, -0.25) is 4.98 Å². The van der Waals surface area contributed by atoms with E-state index in [1.807, 2.05) is 12.3 Å². The molecule has 0 bridgehead atoms. The molecule has 2 nitrogen and oxygen atoms in total. The summed E-state index contributed by atoms with van der Waals surface area (Å²) < 4.78 is 6.38.